The zero-order valence-corrected chi connectivity index (χ0v) is 13.1. The quantitative estimate of drug-likeness (QED) is 0.681. The number of ether oxygens (including phenoxy) is 1. The first kappa shape index (κ1) is 16.3. The molecule has 1 aromatic carbocycles. The topological polar surface area (TPSA) is 75.6 Å². The Balaban J connectivity index is 1.89. The van der Waals surface area contributed by atoms with Crippen molar-refractivity contribution in [1.29, 1.82) is 0 Å². The predicted octanol–water partition coefficient (Wildman–Crippen LogP) is 1.77. The van der Waals surface area contributed by atoms with Crippen molar-refractivity contribution in [2.45, 2.75) is 31.1 Å². The summed E-state index contributed by atoms with van der Waals surface area (Å²) in [6, 6.07) is 6.35. The minimum Gasteiger partial charge on any atom is -0.494 e. The SMILES string of the molecule is CC(CNS(=O)(=O)c1ccc(OCCCO)cc1)C1CC1. The smallest absolute Gasteiger partial charge is 0.240 e. The van der Waals surface area contributed by atoms with Crippen LogP contribution in [0.15, 0.2) is 29.2 Å². The van der Waals surface area contributed by atoms with Crippen LogP contribution in [0.3, 0.4) is 0 Å². The summed E-state index contributed by atoms with van der Waals surface area (Å²) in [5, 5.41) is 8.67. The number of sulfonamides is 1. The van der Waals surface area contributed by atoms with Crippen LogP contribution < -0.4 is 9.46 Å². The molecule has 0 spiro atoms. The van der Waals surface area contributed by atoms with Crippen LogP contribution in [0, 0.1) is 11.8 Å². The van der Waals surface area contributed by atoms with Crippen molar-refractivity contribution in [2.75, 3.05) is 19.8 Å². The fourth-order valence-corrected chi connectivity index (χ4v) is 3.27. The fourth-order valence-electron chi connectivity index (χ4n) is 2.13. The number of hydrogen-bond donors (Lipinski definition) is 2. The van der Waals surface area contributed by atoms with E-state index in [1.165, 1.54) is 12.8 Å². The molecule has 1 atom stereocenters. The molecule has 2 N–H and O–H groups in total. The number of benzene rings is 1. The van der Waals surface area contributed by atoms with Crippen LogP contribution >= 0.6 is 0 Å². The fraction of sp³-hybridized carbons (Fsp3) is 0.600. The van der Waals surface area contributed by atoms with Crippen molar-refractivity contribution in [3.05, 3.63) is 24.3 Å². The zero-order valence-electron chi connectivity index (χ0n) is 12.3. The Morgan fingerprint density at radius 3 is 2.57 bits per heavy atom. The summed E-state index contributed by atoms with van der Waals surface area (Å²) in [5.41, 5.74) is 0. The molecule has 0 amide bonds. The third-order valence-electron chi connectivity index (χ3n) is 3.73. The maximum atomic E-state index is 12.2. The van der Waals surface area contributed by atoms with E-state index in [0.29, 0.717) is 37.2 Å². The molecule has 0 aromatic heterocycles. The molecule has 0 saturated heterocycles. The molecule has 0 heterocycles. The average Bonchev–Trinajstić information content (AvgIpc) is 3.30. The van der Waals surface area contributed by atoms with Crippen molar-refractivity contribution in [3.63, 3.8) is 0 Å². The second-order valence-corrected chi connectivity index (χ2v) is 7.33. The number of hydrogen-bond acceptors (Lipinski definition) is 4. The molecule has 1 aromatic rings. The van der Waals surface area contributed by atoms with Crippen molar-refractivity contribution < 1.29 is 18.3 Å². The summed E-state index contributed by atoms with van der Waals surface area (Å²) in [6.07, 6.45) is 2.98. The highest BCUT2D eigenvalue weighted by Crippen LogP contribution is 2.36. The van der Waals surface area contributed by atoms with Gasteiger partial charge < -0.3 is 9.84 Å². The van der Waals surface area contributed by atoms with E-state index in [-0.39, 0.29) is 11.5 Å². The lowest BCUT2D eigenvalue weighted by Crippen LogP contribution is -2.29. The second kappa shape index (κ2) is 7.24. The molecule has 118 valence electrons. The summed E-state index contributed by atoms with van der Waals surface area (Å²) < 4.78 is 32.4. The van der Waals surface area contributed by atoms with Gasteiger partial charge in [0.05, 0.1) is 11.5 Å². The standard InChI is InChI=1S/C15H23NO4S/c1-12(13-3-4-13)11-16-21(18,19)15-7-5-14(6-8-15)20-10-2-9-17/h5-8,12-13,16-17H,2-4,9-11H2,1H3. The van der Waals surface area contributed by atoms with Gasteiger partial charge in [0.15, 0.2) is 0 Å². The number of aliphatic hydroxyl groups excluding tert-OH is 1. The molecule has 0 bridgehead atoms. The first-order valence-corrected chi connectivity index (χ1v) is 8.84. The number of nitrogens with one attached hydrogen (secondary N) is 1. The largest absolute Gasteiger partial charge is 0.494 e. The van der Waals surface area contributed by atoms with E-state index in [1.54, 1.807) is 24.3 Å². The van der Waals surface area contributed by atoms with E-state index in [4.69, 9.17) is 9.84 Å². The third-order valence-corrected chi connectivity index (χ3v) is 5.17. The van der Waals surface area contributed by atoms with Crippen molar-refractivity contribution in [2.24, 2.45) is 11.8 Å². The Bertz CT molecular complexity index is 537. The highest BCUT2D eigenvalue weighted by atomic mass is 32.2. The van der Waals surface area contributed by atoms with E-state index >= 15 is 0 Å². The van der Waals surface area contributed by atoms with Gasteiger partial charge in [-0.1, -0.05) is 6.92 Å². The first-order valence-electron chi connectivity index (χ1n) is 7.36. The van der Waals surface area contributed by atoms with E-state index in [1.807, 2.05) is 0 Å². The molecule has 1 fully saturated rings. The van der Waals surface area contributed by atoms with Crippen LogP contribution in [0.5, 0.6) is 5.75 Å². The Labute approximate surface area is 126 Å². The van der Waals surface area contributed by atoms with Gasteiger partial charge in [0.25, 0.3) is 0 Å². The minimum absolute atomic E-state index is 0.0789. The molecule has 1 saturated carbocycles. The lowest BCUT2D eigenvalue weighted by atomic mass is 10.1. The molecule has 1 aliphatic carbocycles. The summed E-state index contributed by atoms with van der Waals surface area (Å²) >= 11 is 0. The first-order chi connectivity index (χ1) is 10.0. The molecule has 1 unspecified atom stereocenters. The Morgan fingerprint density at radius 2 is 2.00 bits per heavy atom. The molecule has 21 heavy (non-hydrogen) atoms. The van der Waals surface area contributed by atoms with Gasteiger partial charge in [0.1, 0.15) is 5.75 Å². The van der Waals surface area contributed by atoms with Gasteiger partial charge in [-0.25, -0.2) is 13.1 Å². The molecule has 0 aliphatic heterocycles. The molecular formula is C15H23NO4S. The lowest BCUT2D eigenvalue weighted by Gasteiger charge is -2.12. The van der Waals surface area contributed by atoms with Crippen molar-refractivity contribution in [3.8, 4) is 5.75 Å². The summed E-state index contributed by atoms with van der Waals surface area (Å²) in [4.78, 5) is 0.250. The van der Waals surface area contributed by atoms with Crippen LogP contribution in [0.1, 0.15) is 26.2 Å². The van der Waals surface area contributed by atoms with Crippen LogP contribution in [0.2, 0.25) is 0 Å². The molecule has 6 heteroatoms. The normalized spacial score (nSPS) is 16.7. The van der Waals surface area contributed by atoms with Crippen LogP contribution in [-0.4, -0.2) is 33.3 Å². The van der Waals surface area contributed by atoms with E-state index in [2.05, 4.69) is 11.6 Å². The van der Waals surface area contributed by atoms with E-state index < -0.39 is 10.0 Å². The van der Waals surface area contributed by atoms with Crippen molar-refractivity contribution in [1.82, 2.24) is 4.72 Å². The summed E-state index contributed by atoms with van der Waals surface area (Å²) in [6.45, 7) is 3.06. The average molecular weight is 313 g/mol. The molecule has 2 rings (SSSR count). The number of aliphatic hydroxyl groups is 1. The van der Waals surface area contributed by atoms with Crippen molar-refractivity contribution >= 4 is 10.0 Å². The second-order valence-electron chi connectivity index (χ2n) is 5.56. The van der Waals surface area contributed by atoms with E-state index in [0.717, 1.165) is 0 Å². The van der Waals surface area contributed by atoms with Crippen LogP contribution in [-0.2, 0) is 10.0 Å². The Morgan fingerprint density at radius 1 is 1.33 bits per heavy atom. The number of rotatable bonds is 9. The van der Waals surface area contributed by atoms with Gasteiger partial charge in [-0.2, -0.15) is 0 Å². The molecule has 0 radical (unpaired) electrons. The molecule has 5 nitrogen and oxygen atoms in total. The van der Waals surface area contributed by atoms with Gasteiger partial charge >= 0.3 is 0 Å². The van der Waals surface area contributed by atoms with Crippen LogP contribution in [0.4, 0.5) is 0 Å². The molecular weight excluding hydrogens is 290 g/mol. The van der Waals surface area contributed by atoms with E-state index in [9.17, 15) is 8.42 Å². The van der Waals surface area contributed by atoms with Gasteiger partial charge in [-0.05, 0) is 48.9 Å². The maximum absolute atomic E-state index is 12.2. The van der Waals surface area contributed by atoms with Crippen LogP contribution in [0.25, 0.3) is 0 Å². The zero-order chi connectivity index (χ0) is 15.3. The highest BCUT2D eigenvalue weighted by molar-refractivity contribution is 7.89. The van der Waals surface area contributed by atoms with Gasteiger partial charge in [-0.15, -0.1) is 0 Å². The summed E-state index contributed by atoms with van der Waals surface area (Å²) in [7, 11) is -3.45. The maximum Gasteiger partial charge on any atom is 0.240 e. The monoisotopic (exact) mass is 313 g/mol. The highest BCUT2D eigenvalue weighted by Gasteiger charge is 2.28. The minimum atomic E-state index is -3.45. The van der Waals surface area contributed by atoms with Gasteiger partial charge in [0, 0.05) is 19.6 Å². The molecule has 1 aliphatic rings. The van der Waals surface area contributed by atoms with Gasteiger partial charge in [0.2, 0.25) is 10.0 Å². The van der Waals surface area contributed by atoms with Gasteiger partial charge in [-0.3, -0.25) is 0 Å². The Kier molecular flexibility index (Phi) is 5.61. The Hall–Kier alpha value is -1.11. The lowest BCUT2D eigenvalue weighted by molar-refractivity contribution is 0.233. The predicted molar refractivity (Wildman–Crippen MR) is 80.7 cm³/mol. The third kappa shape index (κ3) is 4.98. The summed E-state index contributed by atoms with van der Waals surface area (Å²) in [5.74, 6) is 1.67.